The zero-order valence-electron chi connectivity index (χ0n) is 10.9. The van der Waals surface area contributed by atoms with E-state index in [9.17, 15) is 4.79 Å². The Morgan fingerprint density at radius 1 is 1.06 bits per heavy atom. The number of carboxylic acid groups (broad SMARTS) is 1. The summed E-state index contributed by atoms with van der Waals surface area (Å²) in [4.78, 5) is 15.3. The van der Waals surface area contributed by atoms with Gasteiger partial charge in [0.2, 0.25) is 0 Å². The summed E-state index contributed by atoms with van der Waals surface area (Å²) in [6.45, 7) is 4.63. The number of carbonyl (C=O) groups is 1. The molecule has 0 aliphatic carbocycles. The van der Waals surface area contributed by atoms with Gasteiger partial charge >= 0.3 is 5.97 Å². The number of hydrogen-bond donors (Lipinski definition) is 1. The summed E-state index contributed by atoms with van der Waals surface area (Å²) in [5.41, 5.74) is 0. The summed E-state index contributed by atoms with van der Waals surface area (Å²) in [7, 11) is 0. The molecule has 2 aliphatic heterocycles. The topological polar surface area (TPSA) is 43.8 Å². The van der Waals surface area contributed by atoms with Crippen molar-refractivity contribution in [2.75, 3.05) is 32.7 Å². The minimum Gasteiger partial charge on any atom is -0.480 e. The van der Waals surface area contributed by atoms with E-state index in [4.69, 9.17) is 5.11 Å². The first-order valence-electron chi connectivity index (χ1n) is 6.44. The third kappa shape index (κ3) is 5.26. The number of nitrogens with zero attached hydrogens (tertiary/aromatic N) is 2. The fourth-order valence-electron chi connectivity index (χ4n) is 2.92. The first-order chi connectivity index (χ1) is 7.75. The molecule has 2 heterocycles. The minimum atomic E-state index is -0.698. The van der Waals surface area contributed by atoms with Crippen molar-refractivity contribution in [2.24, 2.45) is 0 Å². The smallest absolute Gasteiger partial charge is 0.317 e. The van der Waals surface area contributed by atoms with Gasteiger partial charge in [-0.15, -0.1) is 0 Å². The molecule has 1 radical (unpaired) electrons. The van der Waals surface area contributed by atoms with Crippen molar-refractivity contribution in [3.05, 3.63) is 0 Å². The van der Waals surface area contributed by atoms with Gasteiger partial charge in [-0.05, 0) is 38.8 Å². The molecule has 93 valence electrons. The van der Waals surface area contributed by atoms with Gasteiger partial charge in [0.1, 0.15) is 0 Å². The molecule has 17 heavy (non-hydrogen) atoms. The molecule has 5 heteroatoms. The van der Waals surface area contributed by atoms with Crippen molar-refractivity contribution in [1.82, 2.24) is 9.80 Å². The molecule has 2 rings (SSSR count). The van der Waals surface area contributed by atoms with Crippen LogP contribution in [0.2, 0.25) is 0 Å². The maximum absolute atomic E-state index is 10.6. The van der Waals surface area contributed by atoms with Gasteiger partial charge in [0.05, 0.1) is 6.54 Å². The molecule has 0 spiro atoms. The summed E-state index contributed by atoms with van der Waals surface area (Å²) in [5.74, 6) is -0.698. The van der Waals surface area contributed by atoms with E-state index in [1.807, 2.05) is 0 Å². The van der Waals surface area contributed by atoms with Crippen LogP contribution in [0.3, 0.4) is 0 Å². The largest absolute Gasteiger partial charge is 0.480 e. The van der Waals surface area contributed by atoms with E-state index in [0.29, 0.717) is 6.04 Å². The van der Waals surface area contributed by atoms with Gasteiger partial charge in [0, 0.05) is 70.5 Å². The predicted molar refractivity (Wildman–Crippen MR) is 68.3 cm³/mol. The van der Waals surface area contributed by atoms with Crippen LogP contribution in [0.4, 0.5) is 0 Å². The quantitative estimate of drug-likeness (QED) is 0.761. The number of carboxylic acids is 1. The Hall–Kier alpha value is 1.03. The molecule has 0 aromatic heterocycles. The van der Waals surface area contributed by atoms with Gasteiger partial charge in [0.25, 0.3) is 0 Å². The van der Waals surface area contributed by atoms with Crippen LogP contribution < -0.4 is 0 Å². The second-order valence-corrected chi connectivity index (χ2v) is 5.00. The summed E-state index contributed by atoms with van der Waals surface area (Å²) in [6, 6.07) is 0.713. The van der Waals surface area contributed by atoms with E-state index >= 15 is 0 Å². The zero-order chi connectivity index (χ0) is 11.4. The van der Waals surface area contributed by atoms with Crippen LogP contribution in [0.5, 0.6) is 0 Å². The van der Waals surface area contributed by atoms with Gasteiger partial charge < -0.3 is 10.0 Å². The van der Waals surface area contributed by atoms with Gasteiger partial charge in [-0.3, -0.25) is 9.69 Å². The zero-order valence-corrected chi connectivity index (χ0v) is 14.0. The molecular weight excluding hydrogens is 243 g/mol. The molecule has 0 bridgehead atoms. The number of likely N-dealkylation sites (tertiary alicyclic amines) is 2. The minimum absolute atomic E-state index is 0. The van der Waals surface area contributed by atoms with E-state index < -0.39 is 5.97 Å². The predicted octanol–water partition coefficient (Wildman–Crippen LogP) is 0.640. The summed E-state index contributed by atoms with van der Waals surface area (Å²) in [5, 5.41) is 8.73. The van der Waals surface area contributed by atoms with Crippen LogP contribution in [-0.2, 0) is 4.79 Å². The fraction of sp³-hybridized carbons (Fsp3) is 0.917. The Morgan fingerprint density at radius 3 is 2.18 bits per heavy atom. The third-order valence-corrected chi connectivity index (χ3v) is 3.82. The molecule has 1 N–H and O–H groups in total. The molecule has 0 atom stereocenters. The molecule has 0 saturated carbocycles. The summed E-state index contributed by atoms with van der Waals surface area (Å²) >= 11 is 0. The van der Waals surface area contributed by atoms with Gasteiger partial charge in [0.15, 0.2) is 0 Å². The van der Waals surface area contributed by atoms with E-state index in [2.05, 4.69) is 9.80 Å². The summed E-state index contributed by atoms with van der Waals surface area (Å²) < 4.78 is 0. The first kappa shape index (κ1) is 16.1. The molecular formula is C12H22KN2O2. The Morgan fingerprint density at radius 2 is 1.65 bits per heavy atom. The van der Waals surface area contributed by atoms with Crippen molar-refractivity contribution in [2.45, 2.75) is 38.1 Å². The SMILES string of the molecule is O=C(O)CN1CCC(N2CCCCC2)CC1.[K]. The Kier molecular flexibility index (Phi) is 7.80. The van der Waals surface area contributed by atoms with E-state index in [-0.39, 0.29) is 57.9 Å². The molecule has 2 saturated heterocycles. The Labute approximate surface area is 146 Å². The van der Waals surface area contributed by atoms with Crippen LogP contribution in [0, 0.1) is 0 Å². The molecule has 0 amide bonds. The van der Waals surface area contributed by atoms with E-state index in [0.717, 1.165) is 25.9 Å². The van der Waals surface area contributed by atoms with Crippen LogP contribution >= 0.6 is 0 Å². The van der Waals surface area contributed by atoms with Gasteiger partial charge in [-0.2, -0.15) is 0 Å². The maximum atomic E-state index is 10.6. The normalized spacial score (nSPS) is 24.2. The van der Waals surface area contributed by atoms with Crippen molar-refractivity contribution in [3.63, 3.8) is 0 Å². The van der Waals surface area contributed by atoms with Crippen molar-refractivity contribution in [1.29, 1.82) is 0 Å². The van der Waals surface area contributed by atoms with Crippen molar-refractivity contribution in [3.8, 4) is 0 Å². The average Bonchev–Trinajstić information content (AvgIpc) is 2.30. The molecule has 4 nitrogen and oxygen atoms in total. The number of aliphatic carboxylic acids is 1. The Balaban J connectivity index is 0.00000144. The number of piperidine rings is 2. The first-order valence-corrected chi connectivity index (χ1v) is 6.44. The van der Waals surface area contributed by atoms with Crippen molar-refractivity contribution < 1.29 is 9.90 Å². The molecule has 2 aliphatic rings. The van der Waals surface area contributed by atoms with E-state index in [1.165, 1.54) is 32.4 Å². The van der Waals surface area contributed by atoms with Gasteiger partial charge in [-0.1, -0.05) is 6.42 Å². The molecule has 0 aromatic carbocycles. The second kappa shape index (κ2) is 8.25. The van der Waals surface area contributed by atoms with Crippen LogP contribution in [0.1, 0.15) is 32.1 Å². The fourth-order valence-corrected chi connectivity index (χ4v) is 2.92. The van der Waals surface area contributed by atoms with Crippen LogP contribution in [0.25, 0.3) is 0 Å². The molecule has 2 fully saturated rings. The molecule has 0 aromatic rings. The summed E-state index contributed by atoms with van der Waals surface area (Å²) in [6.07, 6.45) is 6.36. The van der Waals surface area contributed by atoms with Crippen LogP contribution in [-0.4, -0.2) is 111 Å². The van der Waals surface area contributed by atoms with Gasteiger partial charge in [-0.25, -0.2) is 0 Å². The second-order valence-electron chi connectivity index (χ2n) is 5.00. The average molecular weight is 265 g/mol. The number of hydrogen-bond acceptors (Lipinski definition) is 3. The number of rotatable bonds is 3. The standard InChI is InChI=1S/C12H22N2O2.K/c15-12(16)10-13-8-4-11(5-9-13)14-6-2-1-3-7-14;/h11H,1-10H2,(H,15,16);. The maximum Gasteiger partial charge on any atom is 0.317 e. The van der Waals surface area contributed by atoms with Crippen molar-refractivity contribution >= 4 is 57.4 Å². The molecule has 0 unspecified atom stereocenters. The van der Waals surface area contributed by atoms with E-state index in [1.54, 1.807) is 0 Å². The third-order valence-electron chi connectivity index (χ3n) is 3.82. The Bertz CT molecular complexity index is 237. The monoisotopic (exact) mass is 265 g/mol. The van der Waals surface area contributed by atoms with Crippen LogP contribution in [0.15, 0.2) is 0 Å².